The number of aliphatic hydroxyl groups is 1. The number of amides is 2. The number of carbonyl (C=O) groups excluding carboxylic acids is 2. The quantitative estimate of drug-likeness (QED) is 0.393. The third-order valence-corrected chi connectivity index (χ3v) is 4.01. The van der Waals surface area contributed by atoms with Gasteiger partial charge < -0.3 is 30.5 Å². The lowest BCUT2D eigenvalue weighted by Gasteiger charge is -2.14. The molecule has 4 N–H and O–H groups in total. The molecule has 0 radical (unpaired) electrons. The zero-order chi connectivity index (χ0) is 21.8. The first-order chi connectivity index (χ1) is 14.4. The molecule has 2 aromatic carbocycles. The van der Waals surface area contributed by atoms with Crippen LogP contribution in [-0.4, -0.2) is 49.3 Å². The van der Waals surface area contributed by atoms with Crippen LogP contribution in [-0.2, 0) is 16.1 Å². The number of anilines is 1. The summed E-state index contributed by atoms with van der Waals surface area (Å²) in [6.45, 7) is 5.01. The van der Waals surface area contributed by atoms with E-state index >= 15 is 0 Å². The van der Waals surface area contributed by atoms with E-state index in [1.807, 2.05) is 24.3 Å². The lowest BCUT2D eigenvalue weighted by Crippen LogP contribution is -2.33. The standard InChI is InChI=1S/C22H29N3O5/c1-16(26)24-13-18-3-7-21(8-4-18)29-12-11-23-14-20(28)15-30-22-9-5-19(6-10-22)25-17(2)27/h3-10,20,23,28H,11-15H2,1-2H3,(H,24,26)(H,25,27). The molecule has 0 aliphatic heterocycles. The van der Waals surface area contributed by atoms with Crippen molar-refractivity contribution in [1.82, 2.24) is 10.6 Å². The van der Waals surface area contributed by atoms with Crippen LogP contribution in [0.5, 0.6) is 11.5 Å². The molecule has 0 spiro atoms. The van der Waals surface area contributed by atoms with Crippen molar-refractivity contribution in [3.05, 3.63) is 54.1 Å². The third-order valence-electron chi connectivity index (χ3n) is 4.01. The van der Waals surface area contributed by atoms with Crippen molar-refractivity contribution in [2.75, 3.05) is 31.6 Å². The average Bonchev–Trinajstić information content (AvgIpc) is 2.72. The topological polar surface area (TPSA) is 109 Å². The van der Waals surface area contributed by atoms with Gasteiger partial charge in [0.15, 0.2) is 0 Å². The molecule has 0 aromatic heterocycles. The van der Waals surface area contributed by atoms with Gasteiger partial charge in [0, 0.05) is 39.2 Å². The number of aliphatic hydroxyl groups excluding tert-OH is 1. The molecule has 8 heteroatoms. The van der Waals surface area contributed by atoms with Crippen LogP contribution in [0.3, 0.4) is 0 Å². The highest BCUT2D eigenvalue weighted by Crippen LogP contribution is 2.16. The van der Waals surface area contributed by atoms with Crippen molar-refractivity contribution in [3.63, 3.8) is 0 Å². The Morgan fingerprint density at radius 2 is 1.57 bits per heavy atom. The van der Waals surface area contributed by atoms with Crippen molar-refractivity contribution in [3.8, 4) is 11.5 Å². The highest BCUT2D eigenvalue weighted by Gasteiger charge is 2.05. The summed E-state index contributed by atoms with van der Waals surface area (Å²) in [5.74, 6) is 1.17. The van der Waals surface area contributed by atoms with Crippen LogP contribution in [0.2, 0.25) is 0 Å². The maximum atomic E-state index is 11.0. The summed E-state index contributed by atoms with van der Waals surface area (Å²) in [5.41, 5.74) is 1.70. The Bertz CT molecular complexity index is 793. The van der Waals surface area contributed by atoms with Gasteiger partial charge in [-0.25, -0.2) is 0 Å². The fraction of sp³-hybridized carbons (Fsp3) is 0.364. The second-order valence-corrected chi connectivity index (χ2v) is 6.78. The van der Waals surface area contributed by atoms with E-state index in [-0.39, 0.29) is 18.4 Å². The van der Waals surface area contributed by atoms with Gasteiger partial charge in [-0.1, -0.05) is 12.1 Å². The van der Waals surface area contributed by atoms with E-state index in [0.29, 0.717) is 37.7 Å². The molecule has 0 fully saturated rings. The van der Waals surface area contributed by atoms with E-state index < -0.39 is 6.10 Å². The Morgan fingerprint density at radius 1 is 0.933 bits per heavy atom. The van der Waals surface area contributed by atoms with Gasteiger partial charge >= 0.3 is 0 Å². The van der Waals surface area contributed by atoms with Gasteiger partial charge in [0.1, 0.15) is 30.8 Å². The maximum Gasteiger partial charge on any atom is 0.221 e. The van der Waals surface area contributed by atoms with E-state index in [2.05, 4.69) is 16.0 Å². The summed E-state index contributed by atoms with van der Waals surface area (Å²) >= 11 is 0. The zero-order valence-electron chi connectivity index (χ0n) is 17.3. The van der Waals surface area contributed by atoms with Gasteiger partial charge in [0.05, 0.1) is 0 Å². The summed E-state index contributed by atoms with van der Waals surface area (Å²) in [4.78, 5) is 21.9. The minimum atomic E-state index is -0.659. The largest absolute Gasteiger partial charge is 0.492 e. The molecule has 0 saturated carbocycles. The molecule has 30 heavy (non-hydrogen) atoms. The predicted octanol–water partition coefficient (Wildman–Crippen LogP) is 1.69. The SMILES string of the molecule is CC(=O)NCc1ccc(OCCNCC(O)COc2ccc(NC(C)=O)cc2)cc1. The molecule has 162 valence electrons. The highest BCUT2D eigenvalue weighted by atomic mass is 16.5. The van der Waals surface area contributed by atoms with Crippen molar-refractivity contribution >= 4 is 17.5 Å². The molecule has 2 rings (SSSR count). The normalized spacial score (nSPS) is 11.4. The van der Waals surface area contributed by atoms with Gasteiger partial charge in [-0.3, -0.25) is 9.59 Å². The molecule has 1 unspecified atom stereocenters. The number of hydrogen-bond acceptors (Lipinski definition) is 6. The fourth-order valence-electron chi connectivity index (χ4n) is 2.53. The summed E-state index contributed by atoms with van der Waals surface area (Å²) < 4.78 is 11.2. The zero-order valence-corrected chi connectivity index (χ0v) is 17.3. The average molecular weight is 415 g/mol. The molecule has 0 saturated heterocycles. The number of benzene rings is 2. The molecule has 2 aromatic rings. The van der Waals surface area contributed by atoms with Crippen LogP contribution >= 0.6 is 0 Å². The molecule has 2 amide bonds. The number of hydrogen-bond donors (Lipinski definition) is 4. The second kappa shape index (κ2) is 12.5. The number of ether oxygens (including phenoxy) is 2. The summed E-state index contributed by atoms with van der Waals surface area (Å²) in [7, 11) is 0. The molecule has 0 aliphatic rings. The van der Waals surface area contributed by atoms with Crippen LogP contribution in [0.15, 0.2) is 48.5 Å². The molecule has 8 nitrogen and oxygen atoms in total. The number of nitrogens with one attached hydrogen (secondary N) is 3. The smallest absolute Gasteiger partial charge is 0.221 e. The number of carbonyl (C=O) groups is 2. The monoisotopic (exact) mass is 415 g/mol. The molecule has 0 bridgehead atoms. The molecule has 1 atom stereocenters. The molecular formula is C22H29N3O5. The van der Waals surface area contributed by atoms with Crippen LogP contribution < -0.4 is 25.4 Å². The first-order valence-corrected chi connectivity index (χ1v) is 9.78. The van der Waals surface area contributed by atoms with E-state index in [1.54, 1.807) is 24.3 Å². The van der Waals surface area contributed by atoms with Crippen molar-refractivity contribution in [2.24, 2.45) is 0 Å². The van der Waals surface area contributed by atoms with E-state index in [9.17, 15) is 14.7 Å². The Morgan fingerprint density at radius 3 is 2.20 bits per heavy atom. The first kappa shape index (κ1) is 23.2. The van der Waals surface area contributed by atoms with Crippen LogP contribution in [0.1, 0.15) is 19.4 Å². The Kier molecular flexibility index (Phi) is 9.63. The third kappa shape index (κ3) is 9.40. The summed E-state index contributed by atoms with van der Waals surface area (Å²) in [5, 5.41) is 18.5. The van der Waals surface area contributed by atoms with Crippen LogP contribution in [0.4, 0.5) is 5.69 Å². The van der Waals surface area contributed by atoms with Crippen molar-refractivity contribution in [1.29, 1.82) is 0 Å². The lowest BCUT2D eigenvalue weighted by atomic mass is 10.2. The summed E-state index contributed by atoms with van der Waals surface area (Å²) in [6.07, 6.45) is -0.659. The van der Waals surface area contributed by atoms with Crippen molar-refractivity contribution < 1.29 is 24.2 Å². The first-order valence-electron chi connectivity index (χ1n) is 9.78. The predicted molar refractivity (Wildman–Crippen MR) is 115 cm³/mol. The maximum absolute atomic E-state index is 11.0. The molecule has 0 aliphatic carbocycles. The molecular weight excluding hydrogens is 386 g/mol. The van der Waals surface area contributed by atoms with E-state index in [0.717, 1.165) is 11.3 Å². The van der Waals surface area contributed by atoms with Gasteiger partial charge in [0.25, 0.3) is 0 Å². The van der Waals surface area contributed by atoms with Crippen LogP contribution in [0, 0.1) is 0 Å². The lowest BCUT2D eigenvalue weighted by molar-refractivity contribution is -0.119. The van der Waals surface area contributed by atoms with Crippen LogP contribution in [0.25, 0.3) is 0 Å². The van der Waals surface area contributed by atoms with E-state index in [1.165, 1.54) is 13.8 Å². The number of rotatable bonds is 12. The Labute approximate surface area is 176 Å². The van der Waals surface area contributed by atoms with Gasteiger partial charge in [-0.15, -0.1) is 0 Å². The van der Waals surface area contributed by atoms with E-state index in [4.69, 9.17) is 9.47 Å². The Balaban J connectivity index is 1.57. The molecule has 0 heterocycles. The second-order valence-electron chi connectivity index (χ2n) is 6.78. The minimum Gasteiger partial charge on any atom is -0.492 e. The highest BCUT2D eigenvalue weighted by molar-refractivity contribution is 5.88. The van der Waals surface area contributed by atoms with Crippen molar-refractivity contribution in [2.45, 2.75) is 26.5 Å². The fourth-order valence-corrected chi connectivity index (χ4v) is 2.53. The van der Waals surface area contributed by atoms with Gasteiger partial charge in [0.2, 0.25) is 11.8 Å². The van der Waals surface area contributed by atoms with Gasteiger partial charge in [-0.05, 0) is 42.0 Å². The summed E-state index contributed by atoms with van der Waals surface area (Å²) in [6, 6.07) is 14.5. The van der Waals surface area contributed by atoms with Gasteiger partial charge in [-0.2, -0.15) is 0 Å². The minimum absolute atomic E-state index is 0.0612. The Hall–Kier alpha value is -3.10.